The van der Waals surface area contributed by atoms with Crippen molar-refractivity contribution in [2.24, 2.45) is 0 Å². The van der Waals surface area contributed by atoms with Gasteiger partial charge in [0.2, 0.25) is 5.13 Å². The first kappa shape index (κ1) is 16.6. The maximum Gasteiger partial charge on any atom is 0.302 e. The summed E-state index contributed by atoms with van der Waals surface area (Å²) in [6.45, 7) is 0.254. The molecule has 0 spiro atoms. The van der Waals surface area contributed by atoms with E-state index in [-0.39, 0.29) is 18.4 Å². The standard InChI is InChI=1S/C19H13N5O3S/c25-16-11-5-1-2-6-12(11)17(26)24(16)10-9-15-22-23-19(28-15)21-18-20-13-7-3-4-8-14(13)27-18/h1-8H,9-10H2,(H,20,21,23). The quantitative estimate of drug-likeness (QED) is 0.521. The first-order chi connectivity index (χ1) is 13.7. The molecule has 2 aromatic heterocycles. The highest BCUT2D eigenvalue weighted by atomic mass is 32.1. The van der Waals surface area contributed by atoms with Crippen molar-refractivity contribution in [3.8, 4) is 0 Å². The molecule has 0 bridgehead atoms. The van der Waals surface area contributed by atoms with Crippen molar-refractivity contribution >= 4 is 45.4 Å². The molecular formula is C19H13N5O3S. The Bertz CT molecular complexity index is 1150. The molecule has 1 N–H and O–H groups in total. The molecule has 0 fully saturated rings. The van der Waals surface area contributed by atoms with Gasteiger partial charge in [0.1, 0.15) is 10.5 Å². The molecule has 2 aromatic carbocycles. The van der Waals surface area contributed by atoms with Crippen molar-refractivity contribution in [3.05, 3.63) is 64.7 Å². The number of amides is 2. The molecule has 1 aliphatic rings. The fourth-order valence-electron chi connectivity index (χ4n) is 3.07. The highest BCUT2D eigenvalue weighted by Gasteiger charge is 2.34. The maximum absolute atomic E-state index is 12.4. The topological polar surface area (TPSA) is 101 Å². The van der Waals surface area contributed by atoms with Crippen molar-refractivity contribution in [3.63, 3.8) is 0 Å². The summed E-state index contributed by atoms with van der Waals surface area (Å²) >= 11 is 1.32. The molecule has 0 unspecified atom stereocenters. The SMILES string of the molecule is O=C1c2ccccc2C(=O)N1CCc1nnc(Nc2nc3ccccc3o2)s1. The van der Waals surface area contributed by atoms with Gasteiger partial charge in [-0.1, -0.05) is 35.6 Å². The number of nitrogens with one attached hydrogen (secondary N) is 1. The molecule has 4 aromatic rings. The third kappa shape index (κ3) is 2.81. The van der Waals surface area contributed by atoms with Crippen LogP contribution in [0.3, 0.4) is 0 Å². The summed E-state index contributed by atoms with van der Waals surface area (Å²) in [5, 5.41) is 12.4. The zero-order chi connectivity index (χ0) is 19.1. The molecule has 0 saturated heterocycles. The first-order valence-corrected chi connectivity index (χ1v) is 9.41. The Kier molecular flexibility index (Phi) is 3.87. The van der Waals surface area contributed by atoms with E-state index in [0.717, 1.165) is 5.52 Å². The number of imide groups is 1. The van der Waals surface area contributed by atoms with Gasteiger partial charge < -0.3 is 4.42 Å². The maximum atomic E-state index is 12.4. The fraction of sp³-hybridized carbons (Fsp3) is 0.105. The number of oxazole rings is 1. The van der Waals surface area contributed by atoms with Crippen LogP contribution in [0.15, 0.2) is 52.9 Å². The Labute approximate surface area is 162 Å². The van der Waals surface area contributed by atoms with Crippen LogP contribution in [0.5, 0.6) is 0 Å². The molecule has 138 valence electrons. The average Bonchev–Trinajstić information content (AvgIpc) is 3.39. The van der Waals surface area contributed by atoms with Gasteiger partial charge in [-0.15, -0.1) is 10.2 Å². The monoisotopic (exact) mass is 391 g/mol. The highest BCUT2D eigenvalue weighted by molar-refractivity contribution is 7.15. The Morgan fingerprint density at radius 3 is 2.43 bits per heavy atom. The number of carbonyl (C=O) groups is 2. The van der Waals surface area contributed by atoms with Crippen LogP contribution in [0.1, 0.15) is 25.7 Å². The number of para-hydroxylation sites is 2. The van der Waals surface area contributed by atoms with Gasteiger partial charge >= 0.3 is 6.01 Å². The van der Waals surface area contributed by atoms with Crippen LogP contribution >= 0.6 is 11.3 Å². The summed E-state index contributed by atoms with van der Waals surface area (Å²) in [6, 6.07) is 14.6. The molecule has 0 radical (unpaired) electrons. The third-order valence-electron chi connectivity index (χ3n) is 4.40. The molecule has 5 rings (SSSR count). The highest BCUT2D eigenvalue weighted by Crippen LogP contribution is 2.26. The molecule has 0 atom stereocenters. The second-order valence-corrected chi connectivity index (χ2v) is 7.23. The molecule has 2 amide bonds. The zero-order valence-electron chi connectivity index (χ0n) is 14.5. The Hall–Kier alpha value is -3.59. The first-order valence-electron chi connectivity index (χ1n) is 8.59. The van der Waals surface area contributed by atoms with Crippen LogP contribution < -0.4 is 5.32 Å². The Morgan fingerprint density at radius 2 is 1.68 bits per heavy atom. The fourth-order valence-corrected chi connectivity index (χ4v) is 3.79. The summed E-state index contributed by atoms with van der Waals surface area (Å²) in [5.74, 6) is -0.537. The van der Waals surface area contributed by atoms with Gasteiger partial charge in [0.15, 0.2) is 5.58 Å². The molecule has 9 heteroatoms. The van der Waals surface area contributed by atoms with E-state index in [9.17, 15) is 9.59 Å². The van der Waals surface area contributed by atoms with E-state index < -0.39 is 0 Å². The second-order valence-electron chi connectivity index (χ2n) is 6.17. The molecule has 1 aliphatic heterocycles. The van der Waals surface area contributed by atoms with Gasteiger partial charge in [-0.2, -0.15) is 4.98 Å². The smallest absolute Gasteiger partial charge is 0.302 e. The molecule has 28 heavy (non-hydrogen) atoms. The average molecular weight is 391 g/mol. The van der Waals surface area contributed by atoms with E-state index in [1.54, 1.807) is 24.3 Å². The van der Waals surface area contributed by atoms with Crippen LogP contribution in [0.4, 0.5) is 11.1 Å². The van der Waals surface area contributed by atoms with Gasteiger partial charge in [0, 0.05) is 13.0 Å². The zero-order valence-corrected chi connectivity index (χ0v) is 15.3. The van der Waals surface area contributed by atoms with Gasteiger partial charge in [-0.3, -0.25) is 19.8 Å². The molecular weight excluding hydrogens is 378 g/mol. The molecule has 0 aliphatic carbocycles. The predicted octanol–water partition coefficient (Wildman–Crippen LogP) is 3.26. The number of carbonyl (C=O) groups excluding carboxylic acids is 2. The summed E-state index contributed by atoms with van der Waals surface area (Å²) in [5.41, 5.74) is 2.33. The Morgan fingerprint density at radius 1 is 0.964 bits per heavy atom. The van der Waals surface area contributed by atoms with Crippen molar-refractivity contribution < 1.29 is 14.0 Å². The van der Waals surface area contributed by atoms with E-state index in [0.29, 0.717) is 39.3 Å². The lowest BCUT2D eigenvalue weighted by atomic mass is 10.1. The van der Waals surface area contributed by atoms with Crippen molar-refractivity contribution in [2.75, 3.05) is 11.9 Å². The Balaban J connectivity index is 1.26. The molecule has 8 nitrogen and oxygen atoms in total. The van der Waals surface area contributed by atoms with E-state index >= 15 is 0 Å². The predicted molar refractivity (Wildman–Crippen MR) is 103 cm³/mol. The second kappa shape index (κ2) is 6.54. The molecule has 3 heterocycles. The number of benzene rings is 2. The van der Waals surface area contributed by atoms with E-state index in [2.05, 4.69) is 20.5 Å². The largest absolute Gasteiger partial charge is 0.423 e. The van der Waals surface area contributed by atoms with Crippen LogP contribution in [0, 0.1) is 0 Å². The van der Waals surface area contributed by atoms with Gasteiger partial charge in [0.05, 0.1) is 11.1 Å². The number of hydrogen-bond donors (Lipinski definition) is 1. The lowest BCUT2D eigenvalue weighted by Gasteiger charge is -2.11. The number of anilines is 2. The van der Waals surface area contributed by atoms with Crippen LogP contribution in [-0.2, 0) is 6.42 Å². The molecule has 0 saturated carbocycles. The number of aromatic nitrogens is 3. The third-order valence-corrected chi connectivity index (χ3v) is 5.30. The van der Waals surface area contributed by atoms with Crippen LogP contribution in [0.25, 0.3) is 11.1 Å². The van der Waals surface area contributed by atoms with Crippen molar-refractivity contribution in [1.29, 1.82) is 0 Å². The van der Waals surface area contributed by atoms with E-state index in [1.807, 2.05) is 24.3 Å². The summed E-state index contributed by atoms with van der Waals surface area (Å²) in [7, 11) is 0. The number of nitrogens with zero attached hydrogens (tertiary/aromatic N) is 4. The number of rotatable bonds is 5. The van der Waals surface area contributed by atoms with Crippen LogP contribution in [0.2, 0.25) is 0 Å². The summed E-state index contributed by atoms with van der Waals surface area (Å²) < 4.78 is 5.61. The summed E-state index contributed by atoms with van der Waals surface area (Å²) in [6.07, 6.45) is 0.429. The van der Waals surface area contributed by atoms with Gasteiger partial charge in [0.25, 0.3) is 11.8 Å². The minimum Gasteiger partial charge on any atom is -0.423 e. The van der Waals surface area contributed by atoms with Gasteiger partial charge in [-0.25, -0.2) is 0 Å². The minimum atomic E-state index is -0.269. The van der Waals surface area contributed by atoms with Crippen LogP contribution in [-0.4, -0.2) is 38.4 Å². The normalized spacial score (nSPS) is 13.4. The summed E-state index contributed by atoms with van der Waals surface area (Å²) in [4.78, 5) is 30.4. The minimum absolute atomic E-state index is 0.254. The van der Waals surface area contributed by atoms with Gasteiger partial charge in [-0.05, 0) is 24.3 Å². The van der Waals surface area contributed by atoms with Crippen molar-refractivity contribution in [1.82, 2.24) is 20.1 Å². The van der Waals surface area contributed by atoms with Crippen molar-refractivity contribution in [2.45, 2.75) is 6.42 Å². The lowest BCUT2D eigenvalue weighted by Crippen LogP contribution is -2.31. The number of fused-ring (bicyclic) bond motifs is 2. The van der Waals surface area contributed by atoms with E-state index in [4.69, 9.17) is 4.42 Å². The number of hydrogen-bond acceptors (Lipinski definition) is 8. The lowest BCUT2D eigenvalue weighted by molar-refractivity contribution is 0.0656. The van der Waals surface area contributed by atoms with E-state index in [1.165, 1.54) is 16.2 Å².